The lowest BCUT2D eigenvalue weighted by Crippen LogP contribution is -2.47. The fourth-order valence-corrected chi connectivity index (χ4v) is 5.41. The Morgan fingerprint density at radius 1 is 1.03 bits per heavy atom. The van der Waals surface area contributed by atoms with Crippen LogP contribution in [0.15, 0.2) is 48.5 Å². The SMILES string of the molecule is CCc1ccc(N(C(C)C(=O)NCc2cccc(CN3CCCCC3)c2)S(C)(=O)=O)cc1. The van der Waals surface area contributed by atoms with Crippen molar-refractivity contribution in [2.24, 2.45) is 0 Å². The molecule has 32 heavy (non-hydrogen) atoms. The van der Waals surface area contributed by atoms with E-state index in [1.807, 2.05) is 31.2 Å². The van der Waals surface area contributed by atoms with Crippen molar-refractivity contribution < 1.29 is 13.2 Å². The predicted octanol–water partition coefficient (Wildman–Crippen LogP) is 3.71. The molecule has 6 nitrogen and oxygen atoms in total. The van der Waals surface area contributed by atoms with Crippen molar-refractivity contribution >= 4 is 21.6 Å². The molecule has 0 radical (unpaired) electrons. The zero-order chi connectivity index (χ0) is 23.1. The summed E-state index contributed by atoms with van der Waals surface area (Å²) < 4.78 is 26.2. The van der Waals surface area contributed by atoms with Crippen LogP contribution in [0.3, 0.4) is 0 Å². The molecule has 1 amide bonds. The van der Waals surface area contributed by atoms with Gasteiger partial charge in [-0.05, 0) is 68.1 Å². The number of rotatable bonds is 9. The zero-order valence-corrected chi connectivity index (χ0v) is 20.2. The normalized spacial score (nSPS) is 15.8. The van der Waals surface area contributed by atoms with Crippen LogP contribution in [-0.2, 0) is 34.3 Å². The first-order valence-electron chi connectivity index (χ1n) is 11.4. The summed E-state index contributed by atoms with van der Waals surface area (Å²) in [6.45, 7) is 7.23. The highest BCUT2D eigenvalue weighted by Crippen LogP contribution is 2.22. The van der Waals surface area contributed by atoms with Crippen LogP contribution in [0.5, 0.6) is 0 Å². The fourth-order valence-electron chi connectivity index (χ4n) is 4.24. The van der Waals surface area contributed by atoms with Crippen LogP contribution < -0.4 is 9.62 Å². The van der Waals surface area contributed by atoms with Crippen molar-refractivity contribution in [3.05, 3.63) is 65.2 Å². The van der Waals surface area contributed by atoms with Gasteiger partial charge in [-0.15, -0.1) is 0 Å². The van der Waals surface area contributed by atoms with Gasteiger partial charge < -0.3 is 5.32 Å². The number of nitrogens with one attached hydrogen (secondary N) is 1. The second kappa shape index (κ2) is 11.0. The van der Waals surface area contributed by atoms with E-state index in [-0.39, 0.29) is 5.91 Å². The number of carbonyl (C=O) groups excluding carboxylic acids is 1. The molecular weight excluding hydrogens is 422 g/mol. The molecule has 174 valence electrons. The standard InChI is InChI=1S/C25H35N3O3S/c1-4-21-11-13-24(14-12-21)28(32(3,30)31)20(2)25(29)26-18-22-9-8-10-23(17-22)19-27-15-6-5-7-16-27/h8-14,17,20H,4-7,15-16,18-19H2,1-3H3,(H,26,29). The van der Waals surface area contributed by atoms with Crippen molar-refractivity contribution in [1.29, 1.82) is 0 Å². The predicted molar refractivity (Wildman–Crippen MR) is 130 cm³/mol. The molecule has 1 N–H and O–H groups in total. The molecule has 1 aliphatic heterocycles. The summed E-state index contributed by atoms with van der Waals surface area (Å²) >= 11 is 0. The van der Waals surface area contributed by atoms with Crippen LogP contribution in [0, 0.1) is 0 Å². The Kier molecular flexibility index (Phi) is 8.32. The van der Waals surface area contributed by atoms with E-state index in [0.29, 0.717) is 12.2 Å². The molecule has 1 heterocycles. The van der Waals surface area contributed by atoms with Gasteiger partial charge in [0.1, 0.15) is 6.04 Å². The summed E-state index contributed by atoms with van der Waals surface area (Å²) in [5, 5.41) is 2.92. The molecule has 1 unspecified atom stereocenters. The lowest BCUT2D eigenvalue weighted by atomic mass is 10.1. The molecule has 7 heteroatoms. The number of piperidine rings is 1. The zero-order valence-electron chi connectivity index (χ0n) is 19.4. The van der Waals surface area contributed by atoms with E-state index in [1.54, 1.807) is 19.1 Å². The average Bonchev–Trinajstić information content (AvgIpc) is 2.78. The maximum Gasteiger partial charge on any atom is 0.243 e. The summed E-state index contributed by atoms with van der Waals surface area (Å²) in [7, 11) is -3.62. The number of hydrogen-bond acceptors (Lipinski definition) is 4. The minimum Gasteiger partial charge on any atom is -0.350 e. The molecule has 0 spiro atoms. The molecule has 0 aromatic heterocycles. The minimum atomic E-state index is -3.62. The van der Waals surface area contributed by atoms with E-state index < -0.39 is 16.1 Å². The summed E-state index contributed by atoms with van der Waals surface area (Å²) in [4.78, 5) is 15.3. The Hall–Kier alpha value is -2.38. The van der Waals surface area contributed by atoms with Crippen LogP contribution in [-0.4, -0.2) is 44.6 Å². The molecule has 1 aliphatic rings. The lowest BCUT2D eigenvalue weighted by molar-refractivity contribution is -0.122. The number of amides is 1. The number of sulfonamides is 1. The molecule has 1 atom stereocenters. The van der Waals surface area contributed by atoms with E-state index in [2.05, 4.69) is 22.3 Å². The first-order chi connectivity index (χ1) is 15.3. The van der Waals surface area contributed by atoms with Crippen LogP contribution in [0.1, 0.15) is 49.8 Å². The van der Waals surface area contributed by atoms with Gasteiger partial charge in [-0.25, -0.2) is 8.42 Å². The average molecular weight is 458 g/mol. The van der Waals surface area contributed by atoms with Crippen molar-refractivity contribution in [3.8, 4) is 0 Å². The largest absolute Gasteiger partial charge is 0.350 e. The van der Waals surface area contributed by atoms with Crippen molar-refractivity contribution in [3.63, 3.8) is 0 Å². The quantitative estimate of drug-likeness (QED) is 0.623. The minimum absolute atomic E-state index is 0.323. The molecule has 0 aliphatic carbocycles. The van der Waals surface area contributed by atoms with Gasteiger partial charge in [0.2, 0.25) is 15.9 Å². The Morgan fingerprint density at radius 3 is 2.31 bits per heavy atom. The fraction of sp³-hybridized carbons (Fsp3) is 0.480. The molecule has 2 aromatic rings. The van der Waals surface area contributed by atoms with Gasteiger partial charge in [0, 0.05) is 13.1 Å². The smallest absolute Gasteiger partial charge is 0.243 e. The van der Waals surface area contributed by atoms with Gasteiger partial charge in [0.15, 0.2) is 0 Å². The first kappa shape index (κ1) is 24.3. The molecule has 2 aromatic carbocycles. The number of likely N-dealkylation sites (tertiary alicyclic amines) is 1. The van der Waals surface area contributed by atoms with E-state index >= 15 is 0 Å². The van der Waals surface area contributed by atoms with Crippen LogP contribution in [0.25, 0.3) is 0 Å². The van der Waals surface area contributed by atoms with Gasteiger partial charge in [0.05, 0.1) is 11.9 Å². The number of aryl methyl sites for hydroxylation is 1. The summed E-state index contributed by atoms with van der Waals surface area (Å²) in [6.07, 6.45) is 5.83. The van der Waals surface area contributed by atoms with Gasteiger partial charge >= 0.3 is 0 Å². The maximum atomic E-state index is 12.9. The number of benzene rings is 2. The molecule has 0 bridgehead atoms. The highest BCUT2D eigenvalue weighted by molar-refractivity contribution is 7.92. The highest BCUT2D eigenvalue weighted by atomic mass is 32.2. The maximum absolute atomic E-state index is 12.9. The number of nitrogens with zero attached hydrogens (tertiary/aromatic N) is 2. The van der Waals surface area contributed by atoms with E-state index in [0.717, 1.165) is 43.4 Å². The second-order valence-corrected chi connectivity index (χ2v) is 10.5. The van der Waals surface area contributed by atoms with E-state index in [4.69, 9.17) is 0 Å². The first-order valence-corrected chi connectivity index (χ1v) is 13.3. The Balaban J connectivity index is 1.65. The van der Waals surface area contributed by atoms with Crippen molar-refractivity contribution in [1.82, 2.24) is 10.2 Å². The number of anilines is 1. The molecular formula is C25H35N3O3S. The molecule has 1 fully saturated rings. The van der Waals surface area contributed by atoms with Crippen molar-refractivity contribution in [2.75, 3.05) is 23.7 Å². The summed E-state index contributed by atoms with van der Waals surface area (Å²) in [5.74, 6) is -0.323. The lowest BCUT2D eigenvalue weighted by Gasteiger charge is -2.28. The Labute approximate surface area is 192 Å². The van der Waals surface area contributed by atoms with Crippen LogP contribution in [0.2, 0.25) is 0 Å². The molecule has 0 saturated carbocycles. The van der Waals surface area contributed by atoms with E-state index in [1.165, 1.54) is 29.1 Å². The summed E-state index contributed by atoms with van der Waals surface area (Å²) in [6, 6.07) is 14.7. The van der Waals surface area contributed by atoms with Crippen molar-refractivity contribution in [2.45, 2.75) is 58.7 Å². The van der Waals surface area contributed by atoms with Gasteiger partial charge in [-0.2, -0.15) is 0 Å². The van der Waals surface area contributed by atoms with Gasteiger partial charge in [-0.3, -0.25) is 14.0 Å². The number of carbonyl (C=O) groups is 1. The highest BCUT2D eigenvalue weighted by Gasteiger charge is 2.29. The van der Waals surface area contributed by atoms with Crippen LogP contribution >= 0.6 is 0 Å². The van der Waals surface area contributed by atoms with E-state index in [9.17, 15) is 13.2 Å². The van der Waals surface area contributed by atoms with Gasteiger partial charge in [-0.1, -0.05) is 49.7 Å². The third kappa shape index (κ3) is 6.56. The second-order valence-electron chi connectivity index (χ2n) is 8.63. The van der Waals surface area contributed by atoms with Gasteiger partial charge in [0.25, 0.3) is 0 Å². The Bertz CT molecular complexity index is 999. The molecule has 1 saturated heterocycles. The summed E-state index contributed by atoms with van der Waals surface area (Å²) in [5.41, 5.74) is 3.86. The number of hydrogen-bond donors (Lipinski definition) is 1. The molecule has 3 rings (SSSR count). The third-order valence-electron chi connectivity index (χ3n) is 6.00. The Morgan fingerprint density at radius 2 is 1.69 bits per heavy atom. The third-order valence-corrected chi connectivity index (χ3v) is 7.24. The van der Waals surface area contributed by atoms with Crippen LogP contribution in [0.4, 0.5) is 5.69 Å². The monoisotopic (exact) mass is 457 g/mol. The topological polar surface area (TPSA) is 69.7 Å².